The SMILES string of the molecule is CC(=O)N(CC(=O)O)C1CCCN(C(=O)CCC2CCOC2)CC1. The number of carbonyl (C=O) groups excluding carboxylic acids is 2. The van der Waals surface area contributed by atoms with Crippen molar-refractivity contribution < 1.29 is 24.2 Å². The minimum absolute atomic E-state index is 0.0976. The van der Waals surface area contributed by atoms with Crippen LogP contribution >= 0.6 is 0 Å². The molecule has 2 rings (SSSR count). The van der Waals surface area contributed by atoms with E-state index < -0.39 is 5.97 Å². The predicted molar refractivity (Wildman–Crippen MR) is 87.4 cm³/mol. The van der Waals surface area contributed by atoms with Gasteiger partial charge in [0.1, 0.15) is 6.54 Å². The van der Waals surface area contributed by atoms with Gasteiger partial charge in [-0.1, -0.05) is 0 Å². The quantitative estimate of drug-likeness (QED) is 0.783. The molecule has 0 aromatic rings. The van der Waals surface area contributed by atoms with E-state index in [1.54, 1.807) is 0 Å². The molecule has 2 aliphatic heterocycles. The lowest BCUT2D eigenvalue weighted by Crippen LogP contribution is -2.43. The number of ether oxygens (including phenoxy) is 1. The Labute approximate surface area is 142 Å². The van der Waals surface area contributed by atoms with Crippen LogP contribution < -0.4 is 0 Å². The van der Waals surface area contributed by atoms with Crippen molar-refractivity contribution in [2.75, 3.05) is 32.8 Å². The third-order valence-corrected chi connectivity index (χ3v) is 4.99. The molecule has 7 nitrogen and oxygen atoms in total. The first-order chi connectivity index (χ1) is 11.5. The highest BCUT2D eigenvalue weighted by Crippen LogP contribution is 2.21. The highest BCUT2D eigenvalue weighted by Gasteiger charge is 2.28. The van der Waals surface area contributed by atoms with Crippen LogP contribution in [0.2, 0.25) is 0 Å². The molecule has 2 saturated heterocycles. The normalized spacial score (nSPS) is 24.5. The Kier molecular flexibility index (Phi) is 7.02. The second kappa shape index (κ2) is 9.01. The van der Waals surface area contributed by atoms with E-state index in [1.165, 1.54) is 11.8 Å². The van der Waals surface area contributed by atoms with Gasteiger partial charge >= 0.3 is 5.97 Å². The lowest BCUT2D eigenvalue weighted by molar-refractivity contribution is -0.145. The predicted octanol–water partition coefficient (Wildman–Crippen LogP) is 1.12. The van der Waals surface area contributed by atoms with Crippen LogP contribution in [0.5, 0.6) is 0 Å². The van der Waals surface area contributed by atoms with Gasteiger partial charge < -0.3 is 19.6 Å². The molecule has 0 bridgehead atoms. The van der Waals surface area contributed by atoms with Gasteiger partial charge in [0.15, 0.2) is 0 Å². The van der Waals surface area contributed by atoms with Gasteiger partial charge in [-0.25, -0.2) is 0 Å². The first kappa shape index (κ1) is 18.7. The smallest absolute Gasteiger partial charge is 0.323 e. The van der Waals surface area contributed by atoms with Crippen molar-refractivity contribution in [1.82, 2.24) is 9.80 Å². The summed E-state index contributed by atoms with van der Waals surface area (Å²) in [4.78, 5) is 38.4. The van der Waals surface area contributed by atoms with E-state index in [4.69, 9.17) is 9.84 Å². The van der Waals surface area contributed by atoms with Crippen LogP contribution in [0.15, 0.2) is 0 Å². The van der Waals surface area contributed by atoms with Gasteiger partial charge in [0.05, 0.1) is 0 Å². The molecule has 0 spiro atoms. The molecule has 7 heteroatoms. The number of hydrogen-bond acceptors (Lipinski definition) is 4. The summed E-state index contributed by atoms with van der Waals surface area (Å²) in [5, 5.41) is 8.98. The van der Waals surface area contributed by atoms with E-state index in [0.717, 1.165) is 38.9 Å². The Bertz CT molecular complexity index is 462. The fourth-order valence-corrected chi connectivity index (χ4v) is 3.58. The third-order valence-electron chi connectivity index (χ3n) is 4.99. The van der Waals surface area contributed by atoms with E-state index >= 15 is 0 Å². The maximum absolute atomic E-state index is 12.4. The zero-order valence-corrected chi connectivity index (χ0v) is 14.4. The fourth-order valence-electron chi connectivity index (χ4n) is 3.58. The Morgan fingerprint density at radius 1 is 1.21 bits per heavy atom. The molecule has 0 saturated carbocycles. The fraction of sp³-hybridized carbons (Fsp3) is 0.824. The summed E-state index contributed by atoms with van der Waals surface area (Å²) in [5.41, 5.74) is 0. The first-order valence-electron chi connectivity index (χ1n) is 8.82. The van der Waals surface area contributed by atoms with E-state index in [2.05, 4.69) is 0 Å². The average Bonchev–Trinajstić information content (AvgIpc) is 2.93. The van der Waals surface area contributed by atoms with E-state index in [0.29, 0.717) is 31.8 Å². The molecule has 0 aromatic carbocycles. The number of amides is 2. The molecule has 2 fully saturated rings. The zero-order chi connectivity index (χ0) is 17.5. The number of hydrogen-bond donors (Lipinski definition) is 1. The topological polar surface area (TPSA) is 87.2 Å². The molecular formula is C17H28N2O5. The summed E-state index contributed by atoms with van der Waals surface area (Å²) in [6.45, 7) is 3.98. The van der Waals surface area contributed by atoms with E-state index in [-0.39, 0.29) is 24.4 Å². The zero-order valence-electron chi connectivity index (χ0n) is 14.4. The summed E-state index contributed by atoms with van der Waals surface area (Å²) >= 11 is 0. The second-order valence-electron chi connectivity index (χ2n) is 6.77. The molecule has 1 N–H and O–H groups in total. The number of carboxylic acids is 1. The molecule has 2 aliphatic rings. The lowest BCUT2D eigenvalue weighted by atomic mass is 10.0. The van der Waals surface area contributed by atoms with Crippen molar-refractivity contribution in [1.29, 1.82) is 0 Å². The number of likely N-dealkylation sites (tertiary alicyclic amines) is 1. The van der Waals surface area contributed by atoms with Gasteiger partial charge in [0.25, 0.3) is 0 Å². The van der Waals surface area contributed by atoms with E-state index in [9.17, 15) is 14.4 Å². The molecule has 0 radical (unpaired) electrons. The lowest BCUT2D eigenvalue weighted by Gasteiger charge is -2.29. The minimum Gasteiger partial charge on any atom is -0.480 e. The summed E-state index contributed by atoms with van der Waals surface area (Å²) in [6.07, 6.45) is 4.64. The number of aliphatic carboxylic acids is 1. The van der Waals surface area contributed by atoms with Crippen molar-refractivity contribution in [3.63, 3.8) is 0 Å². The highest BCUT2D eigenvalue weighted by atomic mass is 16.5. The molecule has 0 aliphatic carbocycles. The molecule has 24 heavy (non-hydrogen) atoms. The van der Waals surface area contributed by atoms with Crippen LogP contribution in [0.1, 0.15) is 45.4 Å². The van der Waals surface area contributed by atoms with Crippen molar-refractivity contribution in [2.45, 2.75) is 51.5 Å². The number of nitrogens with zero attached hydrogens (tertiary/aromatic N) is 2. The number of rotatable bonds is 6. The Morgan fingerprint density at radius 2 is 2.00 bits per heavy atom. The van der Waals surface area contributed by atoms with Crippen LogP contribution in [0, 0.1) is 5.92 Å². The second-order valence-corrected chi connectivity index (χ2v) is 6.77. The van der Waals surface area contributed by atoms with Crippen molar-refractivity contribution in [3.8, 4) is 0 Å². The molecular weight excluding hydrogens is 312 g/mol. The van der Waals surface area contributed by atoms with Gasteiger partial charge in [0.2, 0.25) is 11.8 Å². The molecule has 0 aromatic heterocycles. The molecule has 2 amide bonds. The summed E-state index contributed by atoms with van der Waals surface area (Å²) in [5.74, 6) is -0.558. The largest absolute Gasteiger partial charge is 0.480 e. The summed E-state index contributed by atoms with van der Waals surface area (Å²) in [6, 6.07) is -0.0976. The molecule has 2 heterocycles. The van der Waals surface area contributed by atoms with Crippen LogP contribution in [0.3, 0.4) is 0 Å². The summed E-state index contributed by atoms with van der Waals surface area (Å²) < 4.78 is 5.34. The molecule has 2 unspecified atom stereocenters. The average molecular weight is 340 g/mol. The van der Waals surface area contributed by atoms with Crippen LogP contribution in [0.25, 0.3) is 0 Å². The maximum Gasteiger partial charge on any atom is 0.323 e. The van der Waals surface area contributed by atoms with Crippen LogP contribution in [-0.4, -0.2) is 71.6 Å². The standard InChI is InChI=1S/C17H28N2O5/c1-13(20)19(11-17(22)23)15-3-2-8-18(9-6-15)16(21)5-4-14-7-10-24-12-14/h14-15H,2-12H2,1H3,(H,22,23). The van der Waals surface area contributed by atoms with Gasteiger partial charge in [-0.3, -0.25) is 14.4 Å². The Balaban J connectivity index is 1.83. The number of carboxylic acid groups (broad SMARTS) is 1. The highest BCUT2D eigenvalue weighted by molar-refractivity contribution is 5.80. The van der Waals surface area contributed by atoms with Gasteiger partial charge in [0, 0.05) is 45.7 Å². The Morgan fingerprint density at radius 3 is 2.62 bits per heavy atom. The van der Waals surface area contributed by atoms with Crippen LogP contribution in [-0.2, 0) is 19.1 Å². The Hall–Kier alpha value is -1.63. The van der Waals surface area contributed by atoms with Crippen molar-refractivity contribution in [2.24, 2.45) is 5.92 Å². The molecule has 136 valence electrons. The number of carbonyl (C=O) groups is 3. The van der Waals surface area contributed by atoms with Crippen molar-refractivity contribution >= 4 is 17.8 Å². The van der Waals surface area contributed by atoms with Gasteiger partial charge in [-0.05, 0) is 38.0 Å². The maximum atomic E-state index is 12.4. The first-order valence-corrected chi connectivity index (χ1v) is 8.82. The monoisotopic (exact) mass is 340 g/mol. The van der Waals surface area contributed by atoms with Crippen molar-refractivity contribution in [3.05, 3.63) is 0 Å². The van der Waals surface area contributed by atoms with Crippen LogP contribution in [0.4, 0.5) is 0 Å². The van der Waals surface area contributed by atoms with Gasteiger partial charge in [-0.15, -0.1) is 0 Å². The summed E-state index contributed by atoms with van der Waals surface area (Å²) in [7, 11) is 0. The third kappa shape index (κ3) is 5.47. The van der Waals surface area contributed by atoms with Gasteiger partial charge in [-0.2, -0.15) is 0 Å². The molecule has 2 atom stereocenters. The minimum atomic E-state index is -0.999. The van der Waals surface area contributed by atoms with E-state index in [1.807, 2.05) is 4.90 Å².